The second kappa shape index (κ2) is 13.4. The summed E-state index contributed by atoms with van der Waals surface area (Å²) in [5, 5.41) is 0.993. The summed E-state index contributed by atoms with van der Waals surface area (Å²) in [4.78, 5) is 28.7. The van der Waals surface area contributed by atoms with Gasteiger partial charge in [0.25, 0.3) is 0 Å². The highest BCUT2D eigenvalue weighted by Gasteiger charge is 2.42. The molecule has 2 aliphatic heterocycles. The van der Waals surface area contributed by atoms with Crippen LogP contribution in [-0.2, 0) is 25.4 Å². The van der Waals surface area contributed by atoms with Crippen LogP contribution in [0.4, 0.5) is 0 Å². The molecule has 1 atom stereocenters. The average Bonchev–Trinajstić information content (AvgIpc) is 3.75. The summed E-state index contributed by atoms with van der Waals surface area (Å²) in [6, 6.07) is 13.8. The van der Waals surface area contributed by atoms with Crippen molar-refractivity contribution in [2.24, 2.45) is 5.92 Å². The molecule has 244 valence electrons. The first-order valence-corrected chi connectivity index (χ1v) is 16.4. The minimum Gasteiger partial charge on any atom is -0.481 e. The third-order valence-electron chi connectivity index (χ3n) is 8.94. The quantitative estimate of drug-likeness (QED) is 0.177. The highest BCUT2D eigenvalue weighted by Crippen LogP contribution is 2.47. The maximum Gasteiger partial charge on any atom is 0.311 e. The number of hydrogen-bond donors (Lipinski definition) is 0. The number of benzene rings is 2. The molecule has 4 heterocycles. The van der Waals surface area contributed by atoms with Crippen molar-refractivity contribution >= 4 is 29.2 Å². The van der Waals surface area contributed by atoms with Crippen LogP contribution >= 0.6 is 23.2 Å². The Hall–Kier alpha value is -3.80. The number of pyridine rings is 1. The summed E-state index contributed by atoms with van der Waals surface area (Å²) < 4.78 is 27.8. The van der Waals surface area contributed by atoms with E-state index in [1.165, 1.54) is 12.7 Å². The number of fused-ring (bicyclic) bond motifs is 1. The monoisotopic (exact) mass is 676 g/mol. The summed E-state index contributed by atoms with van der Waals surface area (Å²) in [5.41, 5.74) is 6.92. The Labute approximate surface area is 282 Å². The van der Waals surface area contributed by atoms with E-state index in [1.807, 2.05) is 43.3 Å². The number of aromatic nitrogens is 3. The van der Waals surface area contributed by atoms with Crippen molar-refractivity contribution in [1.82, 2.24) is 19.9 Å². The molecule has 12 heteroatoms. The molecule has 0 saturated carbocycles. The number of rotatable bonds is 9. The largest absolute Gasteiger partial charge is 0.481 e. The molecule has 0 bridgehead atoms. The molecule has 2 saturated heterocycles. The molecule has 10 nitrogen and oxygen atoms in total. The van der Waals surface area contributed by atoms with E-state index in [9.17, 15) is 4.79 Å². The number of halogens is 2. The average molecular weight is 678 g/mol. The van der Waals surface area contributed by atoms with Crippen LogP contribution in [0.25, 0.3) is 33.6 Å². The zero-order valence-electron chi connectivity index (χ0n) is 26.3. The standard InChI is InChI=1S/C35H34Cl2N4O6/c1-4-45-34(42)20-17-41(18-20)27-12-11-19-15-25(39-32(43-2)28(19)27)23-9-5-7-21(29(23)36)22-8-6-10-24(30(22)37)26-16-38-31(33(40-26)44-3)35-46-13-14-47-35/h5-10,15-16,20,27,35H,4,11-14,17-18H2,1-3H3/t27-/m0/s1. The molecule has 0 radical (unpaired) electrons. The van der Waals surface area contributed by atoms with Crippen LogP contribution in [0.5, 0.6) is 11.8 Å². The molecule has 2 aromatic heterocycles. The lowest BCUT2D eigenvalue weighted by molar-refractivity contribution is -0.155. The van der Waals surface area contributed by atoms with Crippen molar-refractivity contribution in [3.63, 3.8) is 0 Å². The number of likely N-dealkylation sites (tertiary alicyclic amines) is 1. The molecular weight excluding hydrogens is 643 g/mol. The Morgan fingerprint density at radius 1 is 0.915 bits per heavy atom. The highest BCUT2D eigenvalue weighted by molar-refractivity contribution is 6.39. The number of hydrogen-bond acceptors (Lipinski definition) is 10. The molecule has 1 aliphatic carbocycles. The number of nitrogens with zero attached hydrogens (tertiary/aromatic N) is 4. The molecule has 3 aliphatic rings. The van der Waals surface area contributed by atoms with E-state index in [0.717, 1.165) is 40.8 Å². The highest BCUT2D eigenvalue weighted by atomic mass is 35.5. The summed E-state index contributed by atoms with van der Waals surface area (Å²) in [7, 11) is 3.17. The Bertz CT molecular complexity index is 1830. The molecular formula is C35H34Cl2N4O6. The molecule has 2 fully saturated rings. The van der Waals surface area contributed by atoms with Gasteiger partial charge in [-0.3, -0.25) is 9.69 Å². The van der Waals surface area contributed by atoms with Gasteiger partial charge >= 0.3 is 5.97 Å². The van der Waals surface area contributed by atoms with Crippen LogP contribution in [0.3, 0.4) is 0 Å². The third-order valence-corrected chi connectivity index (χ3v) is 9.75. The minimum absolute atomic E-state index is 0.0846. The first kappa shape index (κ1) is 31.8. The summed E-state index contributed by atoms with van der Waals surface area (Å²) in [5.74, 6) is 0.671. The number of esters is 1. The Morgan fingerprint density at radius 2 is 1.53 bits per heavy atom. The second-order valence-electron chi connectivity index (χ2n) is 11.6. The molecule has 0 amide bonds. The van der Waals surface area contributed by atoms with Gasteiger partial charge in [0, 0.05) is 46.9 Å². The molecule has 4 aromatic rings. The fourth-order valence-corrected chi connectivity index (χ4v) is 7.28. The Morgan fingerprint density at radius 3 is 2.17 bits per heavy atom. The molecule has 47 heavy (non-hydrogen) atoms. The summed E-state index contributed by atoms with van der Waals surface area (Å²) in [6.45, 7) is 4.54. The fraction of sp³-hybridized carbons (Fsp3) is 0.371. The van der Waals surface area contributed by atoms with E-state index >= 15 is 0 Å². The van der Waals surface area contributed by atoms with E-state index in [1.54, 1.807) is 13.3 Å². The number of carbonyl (C=O) groups excluding carboxylic acids is 1. The van der Waals surface area contributed by atoms with E-state index in [2.05, 4.69) is 20.9 Å². The van der Waals surface area contributed by atoms with Crippen molar-refractivity contribution in [1.29, 1.82) is 0 Å². The van der Waals surface area contributed by atoms with Crippen molar-refractivity contribution in [3.8, 4) is 45.4 Å². The lowest BCUT2D eigenvalue weighted by Gasteiger charge is -2.42. The molecule has 0 unspecified atom stereocenters. The summed E-state index contributed by atoms with van der Waals surface area (Å²) in [6.07, 6.45) is 2.82. The topological polar surface area (TPSA) is 105 Å². The van der Waals surface area contributed by atoms with Crippen molar-refractivity contribution in [3.05, 3.63) is 75.5 Å². The van der Waals surface area contributed by atoms with Gasteiger partial charge in [0.1, 0.15) is 0 Å². The fourth-order valence-electron chi connectivity index (χ4n) is 6.63. The molecule has 2 aromatic carbocycles. The van der Waals surface area contributed by atoms with Gasteiger partial charge in [-0.1, -0.05) is 59.6 Å². The predicted molar refractivity (Wildman–Crippen MR) is 177 cm³/mol. The Kier molecular flexibility index (Phi) is 9.04. The van der Waals surface area contributed by atoms with Crippen molar-refractivity contribution in [2.75, 3.05) is 47.1 Å². The Balaban J connectivity index is 1.19. The summed E-state index contributed by atoms with van der Waals surface area (Å²) >= 11 is 14.2. The maximum absolute atomic E-state index is 12.2. The number of ether oxygens (including phenoxy) is 5. The van der Waals surface area contributed by atoms with Gasteiger partial charge in [0.05, 0.1) is 67.6 Å². The molecule has 0 N–H and O–H groups in total. The van der Waals surface area contributed by atoms with E-state index in [0.29, 0.717) is 71.7 Å². The van der Waals surface area contributed by atoms with Crippen LogP contribution in [0.1, 0.15) is 42.5 Å². The van der Waals surface area contributed by atoms with Crippen LogP contribution in [-0.4, -0.2) is 73.0 Å². The SMILES string of the molecule is CCOC(=O)C1CN([C@H]2CCc3cc(-c4cccc(-c5cccc(-c6cnc(C7OCCO7)c(OC)n6)c5Cl)c4Cl)nc(OC)c32)C1. The van der Waals surface area contributed by atoms with Crippen LogP contribution in [0.2, 0.25) is 10.0 Å². The zero-order chi connectivity index (χ0) is 32.7. The van der Waals surface area contributed by atoms with E-state index < -0.39 is 6.29 Å². The number of methoxy groups -OCH3 is 2. The number of aryl methyl sites for hydroxylation is 1. The number of carbonyl (C=O) groups is 1. The maximum atomic E-state index is 12.2. The van der Waals surface area contributed by atoms with Gasteiger partial charge in [0.15, 0.2) is 5.69 Å². The van der Waals surface area contributed by atoms with Gasteiger partial charge in [-0.25, -0.2) is 15.0 Å². The second-order valence-corrected chi connectivity index (χ2v) is 12.4. The lowest BCUT2D eigenvalue weighted by Crippen LogP contribution is -2.51. The zero-order valence-corrected chi connectivity index (χ0v) is 27.8. The first-order valence-electron chi connectivity index (χ1n) is 15.6. The van der Waals surface area contributed by atoms with E-state index in [4.69, 9.17) is 51.9 Å². The van der Waals surface area contributed by atoms with Gasteiger partial charge < -0.3 is 23.7 Å². The van der Waals surface area contributed by atoms with Crippen LogP contribution in [0.15, 0.2) is 48.7 Å². The smallest absolute Gasteiger partial charge is 0.311 e. The van der Waals surface area contributed by atoms with Crippen LogP contribution < -0.4 is 9.47 Å². The predicted octanol–water partition coefficient (Wildman–Crippen LogP) is 6.72. The van der Waals surface area contributed by atoms with Gasteiger partial charge in [-0.2, -0.15) is 0 Å². The minimum atomic E-state index is -0.619. The van der Waals surface area contributed by atoms with Crippen LogP contribution in [0, 0.1) is 5.92 Å². The van der Waals surface area contributed by atoms with Gasteiger partial charge in [-0.05, 0) is 31.4 Å². The van der Waals surface area contributed by atoms with Crippen molar-refractivity contribution in [2.45, 2.75) is 32.1 Å². The lowest BCUT2D eigenvalue weighted by atomic mass is 9.95. The molecule has 0 spiro atoms. The normalized spacial score (nSPS) is 18.2. The first-order chi connectivity index (χ1) is 22.9. The molecule has 7 rings (SSSR count). The van der Waals surface area contributed by atoms with E-state index in [-0.39, 0.29) is 17.9 Å². The van der Waals surface area contributed by atoms with Gasteiger partial charge in [0.2, 0.25) is 18.1 Å². The van der Waals surface area contributed by atoms with Crippen molar-refractivity contribution < 1.29 is 28.5 Å². The van der Waals surface area contributed by atoms with Gasteiger partial charge in [-0.15, -0.1) is 0 Å². The third kappa shape index (κ3) is 5.83.